The van der Waals surface area contributed by atoms with Crippen molar-refractivity contribution in [1.82, 2.24) is 0 Å². The monoisotopic (exact) mass is 203 g/mol. The van der Waals surface area contributed by atoms with E-state index >= 15 is 0 Å². The zero-order valence-corrected chi connectivity index (χ0v) is 8.93. The average molecular weight is 203 g/mol. The fourth-order valence-electron chi connectivity index (χ4n) is 0. The molecule has 0 aromatic heterocycles. The van der Waals surface area contributed by atoms with E-state index in [9.17, 15) is 0 Å². The van der Waals surface area contributed by atoms with E-state index < -0.39 is 0 Å². The van der Waals surface area contributed by atoms with Crippen LogP contribution in [0.1, 0.15) is 0 Å². The van der Waals surface area contributed by atoms with E-state index in [2.05, 4.69) is 0 Å². The fraction of sp³-hybridized carbons (Fsp3) is 0. The van der Waals surface area contributed by atoms with E-state index in [1.165, 1.54) is 0 Å². The molecule has 0 fully saturated rings. The molecule has 0 spiro atoms. The molecule has 0 heterocycles. The van der Waals surface area contributed by atoms with Crippen LogP contribution < -0.4 is 0 Å². The second kappa shape index (κ2) is 124. The molecule has 0 bridgehead atoms. The number of rotatable bonds is 0. The first-order chi connectivity index (χ1) is 2.00. The summed E-state index contributed by atoms with van der Waals surface area (Å²) < 4.78 is 0. The molecule has 0 aliphatic carbocycles. The van der Waals surface area contributed by atoms with E-state index in [1.807, 2.05) is 0 Å². The fourth-order valence-corrected chi connectivity index (χ4v) is 0. The molecule has 0 saturated heterocycles. The summed E-state index contributed by atoms with van der Waals surface area (Å²) in [4.78, 5) is 0. The van der Waals surface area contributed by atoms with Gasteiger partial charge in [0.1, 0.15) is 0 Å². The average Bonchev–Trinajstić information content (AvgIpc) is 1.50. The van der Waals surface area contributed by atoms with Crippen LogP contribution in [0.15, 0.2) is 0 Å². The molecule has 0 unspecified atom stereocenters. The van der Waals surface area contributed by atoms with Crippen LogP contribution in [0.3, 0.4) is 0 Å². The van der Waals surface area contributed by atoms with Gasteiger partial charge >= 0.3 is 17.1 Å². The summed E-state index contributed by atoms with van der Waals surface area (Å²) >= 11 is 0. The second-order valence-electron chi connectivity index (χ2n) is 0. The summed E-state index contributed by atoms with van der Waals surface area (Å²) in [6.07, 6.45) is 0. The second-order valence-corrected chi connectivity index (χ2v) is 0. The van der Waals surface area contributed by atoms with Crippen LogP contribution in [0.2, 0.25) is 0 Å². The predicted molar refractivity (Wildman–Crippen MR) is 15.7 cm³/mol. The van der Waals surface area contributed by atoms with Crippen molar-refractivity contribution in [2.75, 3.05) is 0 Å². The predicted octanol–water partition coefficient (Wildman–Crippen LogP) is -0.193. The standard InChI is InChI=1S/2CN.2Fe.K/c2*1-2;;;/q2*-1;;+2;. The molecule has 0 N–H and O–H groups in total. The van der Waals surface area contributed by atoms with Gasteiger partial charge < -0.3 is 23.7 Å². The molecular formula is C2Fe2KN2. The number of nitrogens with zero attached hydrogens (tertiary/aromatic N) is 2. The molecule has 0 amide bonds. The molecular weight excluding hydrogens is 203 g/mol. The Morgan fingerprint density at radius 1 is 0.857 bits per heavy atom. The van der Waals surface area contributed by atoms with Gasteiger partial charge in [-0.1, -0.05) is 0 Å². The Hall–Kier alpha value is 1.66. The van der Waals surface area contributed by atoms with Gasteiger partial charge in [0.05, 0.1) is 0 Å². The summed E-state index contributed by atoms with van der Waals surface area (Å²) in [5.74, 6) is 0. The van der Waals surface area contributed by atoms with Crippen LogP contribution in [0.4, 0.5) is 0 Å². The topological polar surface area (TPSA) is 47.6 Å². The van der Waals surface area contributed by atoms with Gasteiger partial charge in [0, 0.05) is 68.5 Å². The summed E-state index contributed by atoms with van der Waals surface area (Å²) in [7, 11) is 0. The first-order valence-corrected chi connectivity index (χ1v) is 0.447. The van der Waals surface area contributed by atoms with Crippen molar-refractivity contribution in [3.05, 3.63) is 13.1 Å². The normalized spacial score (nSPS) is 0.571. The maximum Gasteiger partial charge on any atom is 2.00 e. The zero-order valence-electron chi connectivity index (χ0n) is 3.60. The van der Waals surface area contributed by atoms with Crippen molar-refractivity contribution >= 4 is 51.4 Å². The Balaban J connectivity index is -0.00000000267. The van der Waals surface area contributed by atoms with Gasteiger partial charge in [-0.2, -0.15) is 0 Å². The SMILES string of the molecule is [C-]#N.[C-]#N.[Fe+2].[Fe].[K]. The van der Waals surface area contributed by atoms with Crippen molar-refractivity contribution in [2.45, 2.75) is 0 Å². The van der Waals surface area contributed by atoms with Crippen molar-refractivity contribution in [3.8, 4) is 0 Å². The largest absolute Gasteiger partial charge is 2.00 e. The molecule has 0 aromatic carbocycles. The molecule has 35 valence electrons. The summed E-state index contributed by atoms with van der Waals surface area (Å²) in [6.45, 7) is 9.50. The van der Waals surface area contributed by atoms with Crippen LogP contribution in [0.25, 0.3) is 0 Å². The van der Waals surface area contributed by atoms with Crippen molar-refractivity contribution in [2.24, 2.45) is 0 Å². The van der Waals surface area contributed by atoms with E-state index in [1.54, 1.807) is 0 Å². The minimum Gasteiger partial charge on any atom is -0.512 e. The smallest absolute Gasteiger partial charge is 0.512 e. The molecule has 0 saturated carbocycles. The number of hydrogen-bond donors (Lipinski definition) is 0. The molecule has 0 aromatic rings. The van der Waals surface area contributed by atoms with Gasteiger partial charge in [0.25, 0.3) is 0 Å². The molecule has 5 heteroatoms. The molecule has 0 rings (SSSR count). The van der Waals surface area contributed by atoms with Crippen molar-refractivity contribution in [1.29, 1.82) is 10.5 Å². The van der Waals surface area contributed by atoms with Crippen LogP contribution in [0.5, 0.6) is 0 Å². The van der Waals surface area contributed by atoms with Crippen LogP contribution >= 0.6 is 0 Å². The van der Waals surface area contributed by atoms with Gasteiger partial charge in [-0.3, -0.25) is 0 Å². The molecule has 1 radical (unpaired) electrons. The first-order valence-electron chi connectivity index (χ1n) is 0.447. The Bertz CT molecular complexity index is 29.2. The molecule has 2 nitrogen and oxygen atoms in total. The Labute approximate surface area is 107 Å². The van der Waals surface area contributed by atoms with E-state index in [0.29, 0.717) is 0 Å². The Kier molecular flexibility index (Phi) is 671. The van der Waals surface area contributed by atoms with Crippen molar-refractivity contribution < 1.29 is 34.1 Å². The van der Waals surface area contributed by atoms with Crippen LogP contribution in [-0.2, 0) is 34.1 Å². The summed E-state index contributed by atoms with van der Waals surface area (Å²) in [6, 6.07) is 0. The van der Waals surface area contributed by atoms with Gasteiger partial charge in [-0.15, -0.1) is 0 Å². The van der Waals surface area contributed by atoms with E-state index in [0.717, 1.165) is 0 Å². The maximum absolute atomic E-state index is 6.25. The van der Waals surface area contributed by atoms with Crippen LogP contribution in [0, 0.1) is 23.7 Å². The third-order valence-electron chi connectivity index (χ3n) is 0. The minimum atomic E-state index is 0. The van der Waals surface area contributed by atoms with Gasteiger partial charge in [0.15, 0.2) is 0 Å². The summed E-state index contributed by atoms with van der Waals surface area (Å²) in [5, 5.41) is 12.5. The van der Waals surface area contributed by atoms with Gasteiger partial charge in [-0.25, -0.2) is 0 Å². The molecule has 0 atom stereocenters. The zero-order chi connectivity index (χ0) is 4.00. The minimum absolute atomic E-state index is 0. The molecule has 0 aliphatic heterocycles. The van der Waals surface area contributed by atoms with Crippen LogP contribution in [-0.4, -0.2) is 51.4 Å². The van der Waals surface area contributed by atoms with E-state index in [4.69, 9.17) is 23.7 Å². The quantitative estimate of drug-likeness (QED) is 0.404. The summed E-state index contributed by atoms with van der Waals surface area (Å²) in [5.41, 5.74) is 0. The van der Waals surface area contributed by atoms with Gasteiger partial charge in [0.2, 0.25) is 0 Å². The molecule has 7 heavy (non-hydrogen) atoms. The van der Waals surface area contributed by atoms with E-state index in [-0.39, 0.29) is 85.5 Å². The third-order valence-corrected chi connectivity index (χ3v) is 0. The molecule has 0 aliphatic rings. The Morgan fingerprint density at radius 3 is 0.857 bits per heavy atom. The number of hydrogen-bond acceptors (Lipinski definition) is 2. The third kappa shape index (κ3) is 89.4. The Morgan fingerprint density at radius 2 is 0.857 bits per heavy atom. The maximum atomic E-state index is 6.25. The van der Waals surface area contributed by atoms with Gasteiger partial charge in [-0.05, 0) is 0 Å². The first kappa shape index (κ1) is 38.0. The van der Waals surface area contributed by atoms with Crippen molar-refractivity contribution in [3.63, 3.8) is 0 Å².